The van der Waals surface area contributed by atoms with E-state index in [0.29, 0.717) is 5.92 Å². The van der Waals surface area contributed by atoms with Crippen LogP contribution >= 0.6 is 0 Å². The molecule has 0 aromatic heterocycles. The number of piperidine rings is 1. The topological polar surface area (TPSA) is 99.4 Å². The molecular weight excluding hydrogens is 252 g/mol. The number of oxime groups is 1. The summed E-state index contributed by atoms with van der Waals surface area (Å²) in [6.07, 6.45) is 3.05. The van der Waals surface area contributed by atoms with E-state index in [0.717, 1.165) is 6.54 Å². The highest BCUT2D eigenvalue weighted by atomic mass is 16.6. The maximum atomic E-state index is 9.10. The number of aliphatic carboxylic acids is 2. The van der Waals surface area contributed by atoms with E-state index in [1.807, 2.05) is 6.92 Å². The third kappa shape index (κ3) is 4.70. The highest BCUT2D eigenvalue weighted by Gasteiger charge is 2.35. The summed E-state index contributed by atoms with van der Waals surface area (Å²) in [6.45, 7) is 9.03. The van der Waals surface area contributed by atoms with Crippen LogP contribution in [0.15, 0.2) is 17.8 Å². The molecule has 19 heavy (non-hydrogen) atoms. The molecule has 2 bridgehead atoms. The van der Waals surface area contributed by atoms with E-state index < -0.39 is 11.9 Å². The lowest BCUT2D eigenvalue weighted by Gasteiger charge is -2.13. The number of hydrogen-bond donors (Lipinski definition) is 2. The van der Waals surface area contributed by atoms with Gasteiger partial charge in [-0.15, -0.1) is 0 Å². The van der Waals surface area contributed by atoms with Gasteiger partial charge in [0, 0.05) is 19.0 Å². The number of fused-ring (bicyclic) bond motifs is 2. The van der Waals surface area contributed by atoms with E-state index in [-0.39, 0.29) is 6.10 Å². The molecule has 0 aromatic rings. The fourth-order valence-electron chi connectivity index (χ4n) is 1.90. The van der Waals surface area contributed by atoms with E-state index in [1.165, 1.54) is 25.2 Å². The molecule has 0 amide bonds. The van der Waals surface area contributed by atoms with Gasteiger partial charge in [0.15, 0.2) is 0 Å². The summed E-state index contributed by atoms with van der Waals surface area (Å²) >= 11 is 0. The van der Waals surface area contributed by atoms with Crippen molar-refractivity contribution >= 4 is 17.7 Å². The van der Waals surface area contributed by atoms with Crippen molar-refractivity contribution in [2.75, 3.05) is 19.6 Å². The Kier molecular flexibility index (Phi) is 5.50. The minimum atomic E-state index is -1.82. The Morgan fingerprint density at radius 3 is 2.53 bits per heavy atom. The maximum Gasteiger partial charge on any atom is 0.414 e. The zero-order valence-electron chi connectivity index (χ0n) is 10.8. The minimum Gasteiger partial charge on any atom is -0.473 e. The summed E-state index contributed by atoms with van der Waals surface area (Å²) < 4.78 is 0. The molecule has 2 N–H and O–H groups in total. The van der Waals surface area contributed by atoms with Crippen molar-refractivity contribution in [3.05, 3.63) is 12.7 Å². The fraction of sp³-hybridized carbons (Fsp3) is 0.583. The van der Waals surface area contributed by atoms with Crippen LogP contribution in [0.5, 0.6) is 0 Å². The first-order valence-corrected chi connectivity index (χ1v) is 5.97. The third-order valence-corrected chi connectivity index (χ3v) is 2.98. The second-order valence-electron chi connectivity index (χ2n) is 4.46. The molecule has 7 heteroatoms. The molecule has 2 rings (SSSR count). The number of carboxylic acids is 2. The van der Waals surface area contributed by atoms with Gasteiger partial charge in [0.05, 0.1) is 5.71 Å². The largest absolute Gasteiger partial charge is 0.473 e. The second kappa shape index (κ2) is 6.89. The Morgan fingerprint density at radius 2 is 2.16 bits per heavy atom. The number of nitrogens with zero attached hydrogens (tertiary/aromatic N) is 2. The Labute approximate surface area is 111 Å². The molecule has 3 unspecified atom stereocenters. The highest BCUT2D eigenvalue weighted by Crippen LogP contribution is 2.25. The van der Waals surface area contributed by atoms with Gasteiger partial charge in [-0.2, -0.15) is 0 Å². The van der Waals surface area contributed by atoms with Gasteiger partial charge in [0.2, 0.25) is 0 Å². The molecule has 2 aliphatic heterocycles. The molecular formula is C12H18N2O5. The van der Waals surface area contributed by atoms with Crippen LogP contribution in [-0.2, 0) is 14.4 Å². The van der Waals surface area contributed by atoms with Crippen molar-refractivity contribution in [2.45, 2.75) is 19.4 Å². The van der Waals surface area contributed by atoms with Crippen molar-refractivity contribution in [2.24, 2.45) is 11.1 Å². The highest BCUT2D eigenvalue weighted by molar-refractivity contribution is 6.27. The van der Waals surface area contributed by atoms with Crippen molar-refractivity contribution in [3.63, 3.8) is 0 Å². The molecule has 2 fully saturated rings. The third-order valence-electron chi connectivity index (χ3n) is 2.98. The first-order chi connectivity index (χ1) is 8.93. The first kappa shape index (κ1) is 15.2. The van der Waals surface area contributed by atoms with Gasteiger partial charge in [-0.3, -0.25) is 4.90 Å². The molecule has 2 saturated heterocycles. The zero-order valence-corrected chi connectivity index (χ0v) is 10.8. The Morgan fingerprint density at radius 1 is 1.53 bits per heavy atom. The Hall–Kier alpha value is -1.89. The second-order valence-corrected chi connectivity index (χ2v) is 4.46. The molecule has 7 nitrogen and oxygen atoms in total. The predicted molar refractivity (Wildman–Crippen MR) is 68.0 cm³/mol. The Bertz CT molecular complexity index is 382. The van der Waals surface area contributed by atoms with Crippen LogP contribution in [0.3, 0.4) is 0 Å². The Balaban J connectivity index is 0.000000258. The summed E-state index contributed by atoms with van der Waals surface area (Å²) in [6, 6.07) is 0. The van der Waals surface area contributed by atoms with Gasteiger partial charge < -0.3 is 15.1 Å². The monoisotopic (exact) mass is 270 g/mol. The van der Waals surface area contributed by atoms with Gasteiger partial charge in [0.1, 0.15) is 6.10 Å². The SMILES string of the molecule is C=CC(C)ON=C1CN2CCC1C2.O=C(O)C(=O)O. The van der Waals surface area contributed by atoms with Crippen LogP contribution in [0.2, 0.25) is 0 Å². The summed E-state index contributed by atoms with van der Waals surface area (Å²) in [4.78, 5) is 25.9. The lowest BCUT2D eigenvalue weighted by Crippen LogP contribution is -2.23. The van der Waals surface area contributed by atoms with E-state index in [4.69, 9.17) is 24.6 Å². The molecule has 0 saturated carbocycles. The lowest BCUT2D eigenvalue weighted by molar-refractivity contribution is -0.159. The molecule has 3 atom stereocenters. The quantitative estimate of drug-likeness (QED) is 0.438. The van der Waals surface area contributed by atoms with Gasteiger partial charge >= 0.3 is 11.9 Å². The number of carboxylic acid groups (broad SMARTS) is 2. The molecule has 2 aliphatic rings. The molecule has 106 valence electrons. The molecule has 0 spiro atoms. The predicted octanol–water partition coefficient (Wildman–Crippen LogP) is 0.425. The van der Waals surface area contributed by atoms with E-state index in [9.17, 15) is 0 Å². The number of carbonyl (C=O) groups is 2. The van der Waals surface area contributed by atoms with E-state index in [2.05, 4.69) is 16.6 Å². The van der Waals surface area contributed by atoms with E-state index >= 15 is 0 Å². The summed E-state index contributed by atoms with van der Waals surface area (Å²) in [5.74, 6) is -2.98. The number of rotatable bonds is 3. The molecule has 0 aliphatic carbocycles. The van der Waals surface area contributed by atoms with Crippen LogP contribution in [-0.4, -0.2) is 58.5 Å². The first-order valence-electron chi connectivity index (χ1n) is 5.97. The summed E-state index contributed by atoms with van der Waals surface area (Å²) in [5.41, 5.74) is 1.22. The normalized spacial score (nSPS) is 27.3. The number of hydrogen-bond acceptors (Lipinski definition) is 5. The van der Waals surface area contributed by atoms with E-state index in [1.54, 1.807) is 6.08 Å². The van der Waals surface area contributed by atoms with Gasteiger partial charge in [0.25, 0.3) is 0 Å². The van der Waals surface area contributed by atoms with Gasteiger partial charge in [-0.25, -0.2) is 9.59 Å². The standard InChI is InChI=1S/C10H16N2O.C2H2O4/c1-3-8(2)13-11-10-7-12-5-4-9(10)6-12;3-1(4)2(5)6/h3,8-9H,1,4-7H2,2H3;(H,3,4)(H,5,6). The minimum absolute atomic E-state index is 0.0293. The summed E-state index contributed by atoms with van der Waals surface area (Å²) in [5, 5.41) is 19.0. The van der Waals surface area contributed by atoms with Crippen molar-refractivity contribution in [1.82, 2.24) is 4.90 Å². The van der Waals surface area contributed by atoms with Crippen molar-refractivity contribution in [1.29, 1.82) is 0 Å². The smallest absolute Gasteiger partial charge is 0.414 e. The van der Waals surface area contributed by atoms with Crippen molar-refractivity contribution in [3.8, 4) is 0 Å². The average molecular weight is 270 g/mol. The van der Waals surface area contributed by atoms with Crippen LogP contribution in [0, 0.1) is 5.92 Å². The molecule has 0 aromatic carbocycles. The lowest BCUT2D eigenvalue weighted by atomic mass is 10.0. The van der Waals surface area contributed by atoms with Crippen LogP contribution < -0.4 is 0 Å². The van der Waals surface area contributed by atoms with Gasteiger partial charge in [-0.1, -0.05) is 11.7 Å². The fourth-order valence-corrected chi connectivity index (χ4v) is 1.90. The maximum absolute atomic E-state index is 9.10. The van der Waals surface area contributed by atoms with Crippen LogP contribution in [0.4, 0.5) is 0 Å². The van der Waals surface area contributed by atoms with Crippen molar-refractivity contribution < 1.29 is 24.6 Å². The van der Waals surface area contributed by atoms with Crippen LogP contribution in [0.25, 0.3) is 0 Å². The summed E-state index contributed by atoms with van der Waals surface area (Å²) in [7, 11) is 0. The molecule has 2 heterocycles. The average Bonchev–Trinajstić information content (AvgIpc) is 2.98. The van der Waals surface area contributed by atoms with Gasteiger partial charge in [-0.05, 0) is 26.0 Å². The van der Waals surface area contributed by atoms with Crippen LogP contribution in [0.1, 0.15) is 13.3 Å². The molecule has 0 radical (unpaired) electrons. The zero-order chi connectivity index (χ0) is 14.4.